The molecule has 1 aliphatic heterocycles. The molecule has 5 heteroatoms. The molecule has 1 aromatic heterocycles. The van der Waals surface area contributed by atoms with Crippen molar-refractivity contribution in [2.45, 2.75) is 44.8 Å². The summed E-state index contributed by atoms with van der Waals surface area (Å²) in [6.45, 7) is 2.46. The number of rotatable bonds is 3. The van der Waals surface area contributed by atoms with Gasteiger partial charge >= 0.3 is 0 Å². The van der Waals surface area contributed by atoms with Gasteiger partial charge in [-0.15, -0.1) is 0 Å². The van der Waals surface area contributed by atoms with Crippen LogP contribution in [0.15, 0.2) is 30.7 Å². The normalized spacial score (nSPS) is 22.4. The second-order valence-electron chi connectivity index (χ2n) is 5.73. The van der Waals surface area contributed by atoms with Gasteiger partial charge in [-0.2, -0.15) is 0 Å². The molecule has 1 fully saturated rings. The highest BCUT2D eigenvalue weighted by Gasteiger charge is 2.22. The fraction of sp³-hybridized carbons (Fsp3) is 0.438. The lowest BCUT2D eigenvalue weighted by Gasteiger charge is -2.29. The van der Waals surface area contributed by atoms with Crippen LogP contribution < -0.4 is 5.32 Å². The molecule has 1 saturated heterocycles. The van der Waals surface area contributed by atoms with E-state index in [2.05, 4.69) is 17.2 Å². The number of imidazole rings is 1. The molecular weight excluding hydrogens is 272 g/mol. The molecular formula is C16H19F2N3. The zero-order valence-corrected chi connectivity index (χ0v) is 12.0. The third kappa shape index (κ3) is 3.13. The smallest absolute Gasteiger partial charge is 0.128 e. The molecule has 2 atom stereocenters. The third-order valence-electron chi connectivity index (χ3n) is 4.07. The highest BCUT2D eigenvalue weighted by molar-refractivity contribution is 5.20. The molecule has 3 nitrogen and oxygen atoms in total. The summed E-state index contributed by atoms with van der Waals surface area (Å²) in [6, 6.07) is 4.25. The Kier molecular flexibility index (Phi) is 4.01. The van der Waals surface area contributed by atoms with Crippen molar-refractivity contribution < 1.29 is 8.78 Å². The van der Waals surface area contributed by atoms with E-state index >= 15 is 0 Å². The first-order valence-corrected chi connectivity index (χ1v) is 7.33. The summed E-state index contributed by atoms with van der Waals surface area (Å²) in [5.41, 5.74) is 1.38. The second-order valence-corrected chi connectivity index (χ2v) is 5.73. The van der Waals surface area contributed by atoms with Crippen LogP contribution in [-0.2, 0) is 6.54 Å². The predicted octanol–water partition coefficient (Wildman–Crippen LogP) is 3.41. The van der Waals surface area contributed by atoms with Crippen LogP contribution >= 0.6 is 0 Å². The maximum atomic E-state index is 13.8. The van der Waals surface area contributed by atoms with Crippen molar-refractivity contribution in [3.8, 4) is 0 Å². The van der Waals surface area contributed by atoms with Crippen molar-refractivity contribution in [3.63, 3.8) is 0 Å². The zero-order chi connectivity index (χ0) is 14.8. The molecule has 21 heavy (non-hydrogen) atoms. The molecule has 112 valence electrons. The third-order valence-corrected chi connectivity index (χ3v) is 4.07. The van der Waals surface area contributed by atoms with Gasteiger partial charge in [-0.1, -0.05) is 0 Å². The Labute approximate surface area is 123 Å². The summed E-state index contributed by atoms with van der Waals surface area (Å²) in [4.78, 5) is 4.18. The molecule has 2 heterocycles. The average Bonchev–Trinajstić information content (AvgIpc) is 2.91. The molecule has 1 aliphatic rings. The largest absolute Gasteiger partial charge is 0.329 e. The quantitative estimate of drug-likeness (QED) is 0.939. The van der Waals surface area contributed by atoms with Crippen molar-refractivity contribution in [3.05, 3.63) is 53.6 Å². The standard InChI is InChI=1S/C16H19F2N3/c1-11-3-2-4-15(20-11)16-8-19-10-21(16)9-12-7-13(17)5-6-14(12)18/h5-8,10-11,15,20H,2-4,9H2,1H3. The maximum absolute atomic E-state index is 13.8. The molecule has 1 N–H and O–H groups in total. The summed E-state index contributed by atoms with van der Waals surface area (Å²) in [5, 5.41) is 3.54. The Bertz CT molecular complexity index is 624. The highest BCUT2D eigenvalue weighted by atomic mass is 19.1. The fourth-order valence-corrected chi connectivity index (χ4v) is 2.97. The zero-order valence-electron chi connectivity index (χ0n) is 12.0. The first-order chi connectivity index (χ1) is 10.1. The molecule has 0 radical (unpaired) electrons. The molecule has 2 unspecified atom stereocenters. The van der Waals surface area contributed by atoms with Gasteiger partial charge < -0.3 is 9.88 Å². The Morgan fingerprint density at radius 2 is 2.19 bits per heavy atom. The van der Waals surface area contributed by atoms with Gasteiger partial charge in [0.05, 0.1) is 18.6 Å². The van der Waals surface area contributed by atoms with Gasteiger partial charge in [0.1, 0.15) is 11.6 Å². The van der Waals surface area contributed by atoms with E-state index in [-0.39, 0.29) is 11.9 Å². The van der Waals surface area contributed by atoms with Gasteiger partial charge in [-0.3, -0.25) is 0 Å². The van der Waals surface area contributed by atoms with Crippen LogP contribution in [0.1, 0.15) is 43.5 Å². The predicted molar refractivity (Wildman–Crippen MR) is 76.9 cm³/mol. The number of halogens is 2. The number of aromatic nitrogens is 2. The van der Waals surface area contributed by atoms with Crippen LogP contribution in [0.2, 0.25) is 0 Å². The summed E-state index contributed by atoms with van der Waals surface area (Å²) >= 11 is 0. The van der Waals surface area contributed by atoms with Crippen molar-refractivity contribution in [1.82, 2.24) is 14.9 Å². The number of benzene rings is 1. The minimum Gasteiger partial charge on any atom is -0.329 e. The molecule has 3 rings (SSSR count). The van der Waals surface area contributed by atoms with E-state index in [0.29, 0.717) is 18.2 Å². The van der Waals surface area contributed by atoms with Crippen LogP contribution in [0.3, 0.4) is 0 Å². The van der Waals surface area contributed by atoms with Gasteiger partial charge in [-0.05, 0) is 44.4 Å². The fourth-order valence-electron chi connectivity index (χ4n) is 2.97. The minimum atomic E-state index is -0.419. The van der Waals surface area contributed by atoms with Gasteiger partial charge in [0.2, 0.25) is 0 Å². The molecule has 0 spiro atoms. The summed E-state index contributed by atoms with van der Waals surface area (Å²) in [5.74, 6) is -0.807. The number of nitrogens with zero attached hydrogens (tertiary/aromatic N) is 2. The number of piperidine rings is 1. The first-order valence-electron chi connectivity index (χ1n) is 7.33. The second kappa shape index (κ2) is 5.93. The minimum absolute atomic E-state index is 0.230. The Balaban J connectivity index is 1.83. The molecule has 0 bridgehead atoms. The lowest BCUT2D eigenvalue weighted by atomic mass is 9.97. The van der Waals surface area contributed by atoms with Gasteiger partial charge in [-0.25, -0.2) is 13.8 Å². The highest BCUT2D eigenvalue weighted by Crippen LogP contribution is 2.26. The number of hydrogen-bond acceptors (Lipinski definition) is 2. The summed E-state index contributed by atoms with van der Waals surface area (Å²) in [7, 11) is 0. The van der Waals surface area contributed by atoms with E-state index in [9.17, 15) is 8.78 Å². The SMILES string of the molecule is CC1CCCC(c2cncn2Cc2cc(F)ccc2F)N1. The Morgan fingerprint density at radius 3 is 3.00 bits per heavy atom. The topological polar surface area (TPSA) is 29.9 Å². The van der Waals surface area contributed by atoms with Crippen LogP contribution in [0.4, 0.5) is 8.78 Å². The lowest BCUT2D eigenvalue weighted by molar-refractivity contribution is 0.330. The number of hydrogen-bond donors (Lipinski definition) is 1. The monoisotopic (exact) mass is 291 g/mol. The first kappa shape index (κ1) is 14.2. The summed E-state index contributed by atoms with van der Waals surface area (Å²) in [6.07, 6.45) is 6.87. The molecule has 0 saturated carbocycles. The van der Waals surface area contributed by atoms with E-state index in [1.165, 1.54) is 25.0 Å². The molecule has 2 aromatic rings. The van der Waals surface area contributed by atoms with E-state index in [1.807, 2.05) is 10.8 Å². The van der Waals surface area contributed by atoms with E-state index < -0.39 is 5.82 Å². The Hall–Kier alpha value is -1.75. The summed E-state index contributed by atoms with van der Waals surface area (Å²) < 4.78 is 29.0. The van der Waals surface area contributed by atoms with E-state index in [0.717, 1.165) is 18.2 Å². The lowest BCUT2D eigenvalue weighted by Crippen LogP contribution is -2.35. The van der Waals surface area contributed by atoms with Gasteiger partial charge in [0.15, 0.2) is 0 Å². The van der Waals surface area contributed by atoms with Gasteiger partial charge in [0, 0.05) is 23.8 Å². The molecule has 1 aromatic carbocycles. The van der Waals surface area contributed by atoms with Crippen molar-refractivity contribution in [2.24, 2.45) is 0 Å². The van der Waals surface area contributed by atoms with Crippen LogP contribution in [0.25, 0.3) is 0 Å². The molecule has 0 amide bonds. The van der Waals surface area contributed by atoms with Crippen molar-refractivity contribution >= 4 is 0 Å². The van der Waals surface area contributed by atoms with Crippen molar-refractivity contribution in [1.29, 1.82) is 0 Å². The number of nitrogens with one attached hydrogen (secondary N) is 1. The molecule has 0 aliphatic carbocycles. The van der Waals surface area contributed by atoms with Crippen LogP contribution in [-0.4, -0.2) is 15.6 Å². The van der Waals surface area contributed by atoms with E-state index in [4.69, 9.17) is 0 Å². The van der Waals surface area contributed by atoms with E-state index in [1.54, 1.807) is 6.33 Å². The van der Waals surface area contributed by atoms with Gasteiger partial charge in [0.25, 0.3) is 0 Å². The van der Waals surface area contributed by atoms with Crippen LogP contribution in [0.5, 0.6) is 0 Å². The van der Waals surface area contributed by atoms with Crippen molar-refractivity contribution in [2.75, 3.05) is 0 Å². The Morgan fingerprint density at radius 1 is 1.33 bits per heavy atom. The average molecular weight is 291 g/mol. The van der Waals surface area contributed by atoms with Crippen LogP contribution in [0, 0.1) is 11.6 Å². The maximum Gasteiger partial charge on any atom is 0.128 e.